The number of hydrogen-bond acceptors (Lipinski definition) is 6. The molecule has 0 fully saturated rings. The summed E-state index contributed by atoms with van der Waals surface area (Å²) in [6.45, 7) is 6.02. The lowest BCUT2D eigenvalue weighted by Gasteiger charge is -2.28. The number of carbonyl (C=O) groups excluding carboxylic acids is 2. The summed E-state index contributed by atoms with van der Waals surface area (Å²) in [6, 6.07) is 14.1. The van der Waals surface area contributed by atoms with Gasteiger partial charge < -0.3 is 18.6 Å². The third kappa shape index (κ3) is 5.81. The number of para-hydroxylation sites is 2. The molecule has 6 nitrogen and oxygen atoms in total. The van der Waals surface area contributed by atoms with E-state index in [1.54, 1.807) is 37.4 Å². The number of carbonyl (C=O) groups is 2. The van der Waals surface area contributed by atoms with E-state index in [2.05, 4.69) is 0 Å². The van der Waals surface area contributed by atoms with Gasteiger partial charge in [0.05, 0.1) is 32.5 Å². The van der Waals surface area contributed by atoms with Crippen molar-refractivity contribution >= 4 is 20.1 Å². The molecule has 0 aliphatic rings. The number of benzene rings is 2. The van der Waals surface area contributed by atoms with Gasteiger partial charge in [-0.2, -0.15) is 0 Å². The van der Waals surface area contributed by atoms with Crippen molar-refractivity contribution in [1.29, 1.82) is 0 Å². The molecule has 1 unspecified atom stereocenters. The summed E-state index contributed by atoms with van der Waals surface area (Å²) < 4.78 is 22.1. The fourth-order valence-electron chi connectivity index (χ4n) is 2.96. The van der Waals surface area contributed by atoms with Gasteiger partial charge in [-0.05, 0) is 43.9 Å². The minimum absolute atomic E-state index is 0.0975. The zero-order chi connectivity index (χ0) is 22.3. The fourth-order valence-corrected chi connectivity index (χ4v) is 3.92. The molecule has 2 rings (SSSR count). The SMILES string of the molecule is COC(=O)/C(=C\C(=O)c1ccccc1OC)C(O[Si](C)(C)C)c1ccccc1OC. The van der Waals surface area contributed by atoms with Crippen molar-refractivity contribution in [2.45, 2.75) is 25.7 Å². The van der Waals surface area contributed by atoms with Crippen LogP contribution < -0.4 is 9.47 Å². The molecule has 0 spiro atoms. The number of hydrogen-bond donors (Lipinski definition) is 0. The van der Waals surface area contributed by atoms with Gasteiger partial charge >= 0.3 is 5.97 Å². The van der Waals surface area contributed by atoms with E-state index in [4.69, 9.17) is 18.6 Å². The van der Waals surface area contributed by atoms with E-state index in [9.17, 15) is 9.59 Å². The average Bonchev–Trinajstić information content (AvgIpc) is 2.74. The Kier molecular flexibility index (Phi) is 7.97. The standard InChI is InChI=1S/C23H28O6Si/c1-26-20-13-9-7-11-16(20)19(24)15-18(23(25)28-3)22(29-30(4,5)6)17-12-8-10-14-21(17)27-2/h7-15,22H,1-6H3/b18-15-. The monoisotopic (exact) mass is 428 g/mol. The molecule has 0 bridgehead atoms. The van der Waals surface area contributed by atoms with Crippen LogP contribution in [0.5, 0.6) is 11.5 Å². The van der Waals surface area contributed by atoms with Crippen LogP contribution in [-0.4, -0.2) is 41.4 Å². The van der Waals surface area contributed by atoms with E-state index in [0.29, 0.717) is 22.6 Å². The molecule has 0 heterocycles. The Balaban J connectivity index is 2.65. The Morgan fingerprint density at radius 3 is 2.00 bits per heavy atom. The minimum Gasteiger partial charge on any atom is -0.496 e. The third-order valence-corrected chi connectivity index (χ3v) is 5.20. The molecule has 0 aromatic heterocycles. The van der Waals surface area contributed by atoms with E-state index in [-0.39, 0.29) is 11.4 Å². The summed E-state index contributed by atoms with van der Waals surface area (Å²) in [5.74, 6) is -0.0532. The van der Waals surface area contributed by atoms with Crippen LogP contribution in [0.15, 0.2) is 60.2 Å². The number of ether oxygens (including phenoxy) is 3. The molecule has 0 saturated heterocycles. The molecule has 2 aromatic rings. The molecule has 0 aliphatic heterocycles. The van der Waals surface area contributed by atoms with Gasteiger partial charge in [0.25, 0.3) is 0 Å². The first-order valence-corrected chi connectivity index (χ1v) is 12.9. The maximum atomic E-state index is 13.1. The van der Waals surface area contributed by atoms with Crippen molar-refractivity contribution in [3.8, 4) is 11.5 Å². The van der Waals surface area contributed by atoms with Crippen molar-refractivity contribution < 1.29 is 28.2 Å². The van der Waals surface area contributed by atoms with Crippen LogP contribution in [0.4, 0.5) is 0 Å². The number of methoxy groups -OCH3 is 3. The van der Waals surface area contributed by atoms with Crippen LogP contribution in [0.2, 0.25) is 19.6 Å². The molecule has 0 radical (unpaired) electrons. The lowest BCUT2D eigenvalue weighted by molar-refractivity contribution is -0.137. The van der Waals surface area contributed by atoms with Crippen molar-refractivity contribution in [1.82, 2.24) is 0 Å². The average molecular weight is 429 g/mol. The Hall–Kier alpha value is -2.90. The van der Waals surface area contributed by atoms with Gasteiger partial charge in [-0.1, -0.05) is 30.3 Å². The van der Waals surface area contributed by atoms with Crippen LogP contribution in [0.25, 0.3) is 0 Å². The first-order valence-electron chi connectivity index (χ1n) is 9.49. The van der Waals surface area contributed by atoms with Gasteiger partial charge in [0.2, 0.25) is 0 Å². The number of ketones is 1. The van der Waals surface area contributed by atoms with Gasteiger partial charge in [0.15, 0.2) is 14.1 Å². The van der Waals surface area contributed by atoms with E-state index in [0.717, 1.165) is 0 Å². The highest BCUT2D eigenvalue weighted by atomic mass is 28.4. The van der Waals surface area contributed by atoms with Crippen molar-refractivity contribution in [3.63, 3.8) is 0 Å². The molecule has 30 heavy (non-hydrogen) atoms. The van der Waals surface area contributed by atoms with E-state index < -0.39 is 20.4 Å². The maximum absolute atomic E-state index is 13.1. The summed E-state index contributed by atoms with van der Waals surface area (Å²) >= 11 is 0. The zero-order valence-corrected chi connectivity index (χ0v) is 19.2. The predicted molar refractivity (Wildman–Crippen MR) is 118 cm³/mol. The highest BCUT2D eigenvalue weighted by molar-refractivity contribution is 6.69. The summed E-state index contributed by atoms with van der Waals surface area (Å²) in [5, 5.41) is 0. The van der Waals surface area contributed by atoms with Gasteiger partial charge in [-0.3, -0.25) is 4.79 Å². The highest BCUT2D eigenvalue weighted by Gasteiger charge is 2.32. The second-order valence-corrected chi connectivity index (χ2v) is 12.0. The summed E-state index contributed by atoms with van der Waals surface area (Å²) in [7, 11) is 2.16. The predicted octanol–water partition coefficient (Wildman–Crippen LogP) is 4.58. The Labute approximate surface area is 178 Å². The molecule has 2 aromatic carbocycles. The second-order valence-electron chi connectivity index (χ2n) is 7.51. The van der Waals surface area contributed by atoms with Crippen molar-refractivity contribution in [2.75, 3.05) is 21.3 Å². The molecule has 0 saturated carbocycles. The van der Waals surface area contributed by atoms with Gasteiger partial charge in [0.1, 0.15) is 17.6 Å². The maximum Gasteiger partial charge on any atom is 0.336 e. The highest BCUT2D eigenvalue weighted by Crippen LogP contribution is 2.36. The third-order valence-electron chi connectivity index (χ3n) is 4.26. The first-order chi connectivity index (χ1) is 14.2. The quantitative estimate of drug-likeness (QED) is 0.252. The van der Waals surface area contributed by atoms with E-state index in [1.165, 1.54) is 20.3 Å². The smallest absolute Gasteiger partial charge is 0.336 e. The van der Waals surface area contributed by atoms with Crippen LogP contribution >= 0.6 is 0 Å². The van der Waals surface area contributed by atoms with E-state index >= 15 is 0 Å². The number of allylic oxidation sites excluding steroid dienone is 1. The van der Waals surface area contributed by atoms with Gasteiger partial charge in [-0.15, -0.1) is 0 Å². The van der Waals surface area contributed by atoms with Crippen LogP contribution in [0.1, 0.15) is 22.0 Å². The second kappa shape index (κ2) is 10.2. The summed E-state index contributed by atoms with van der Waals surface area (Å²) in [4.78, 5) is 25.8. The first kappa shape index (κ1) is 23.4. The Morgan fingerprint density at radius 2 is 1.43 bits per heavy atom. The Bertz CT molecular complexity index is 929. The van der Waals surface area contributed by atoms with E-state index in [1.807, 2.05) is 37.8 Å². The van der Waals surface area contributed by atoms with Gasteiger partial charge in [-0.25, -0.2) is 4.79 Å². The molecule has 0 amide bonds. The largest absolute Gasteiger partial charge is 0.496 e. The topological polar surface area (TPSA) is 71.1 Å². The zero-order valence-electron chi connectivity index (χ0n) is 18.2. The number of esters is 1. The van der Waals surface area contributed by atoms with Gasteiger partial charge in [0, 0.05) is 5.56 Å². The van der Waals surface area contributed by atoms with Crippen molar-refractivity contribution in [2.24, 2.45) is 0 Å². The van der Waals surface area contributed by atoms with Crippen LogP contribution in [0.3, 0.4) is 0 Å². The summed E-state index contributed by atoms with van der Waals surface area (Å²) in [5.41, 5.74) is 1.08. The van der Waals surface area contributed by atoms with Crippen LogP contribution in [0, 0.1) is 0 Å². The molecule has 0 N–H and O–H groups in total. The molecular weight excluding hydrogens is 400 g/mol. The number of rotatable bonds is 9. The lowest BCUT2D eigenvalue weighted by Crippen LogP contribution is -2.31. The van der Waals surface area contributed by atoms with Crippen molar-refractivity contribution in [3.05, 3.63) is 71.3 Å². The molecular formula is C23H28O6Si. The Morgan fingerprint density at radius 1 is 0.867 bits per heavy atom. The molecule has 1 atom stereocenters. The lowest BCUT2D eigenvalue weighted by atomic mass is 9.97. The molecule has 160 valence electrons. The normalized spacial score (nSPS) is 12.8. The fraction of sp³-hybridized carbons (Fsp3) is 0.304. The summed E-state index contributed by atoms with van der Waals surface area (Å²) in [6.07, 6.45) is 0.444. The van der Waals surface area contributed by atoms with Crippen LogP contribution in [-0.2, 0) is 14.0 Å². The minimum atomic E-state index is -2.15. The molecule has 0 aliphatic carbocycles. The molecule has 7 heteroatoms.